The van der Waals surface area contributed by atoms with Gasteiger partial charge in [0.05, 0.1) is 12.2 Å². The van der Waals surface area contributed by atoms with Crippen molar-refractivity contribution in [2.24, 2.45) is 0 Å². The molecule has 0 fully saturated rings. The molecule has 0 radical (unpaired) electrons. The fraction of sp³-hybridized carbons (Fsp3) is 0.0500. The molecule has 0 saturated heterocycles. The Morgan fingerprint density at radius 2 is 1.44 bits per heavy atom. The molecular formula is C20H18FN3S. The van der Waals surface area contributed by atoms with Crippen LogP contribution in [0.25, 0.3) is 0 Å². The minimum atomic E-state index is -0.278. The van der Waals surface area contributed by atoms with Crippen LogP contribution in [-0.4, -0.2) is 5.11 Å². The molecule has 0 amide bonds. The number of nitrogens with zero attached hydrogens (tertiary/aromatic N) is 1. The van der Waals surface area contributed by atoms with Crippen molar-refractivity contribution in [3.05, 3.63) is 96.3 Å². The van der Waals surface area contributed by atoms with Crippen molar-refractivity contribution in [3.63, 3.8) is 0 Å². The van der Waals surface area contributed by atoms with Crippen LogP contribution in [0, 0.1) is 5.82 Å². The molecule has 0 heterocycles. The van der Waals surface area contributed by atoms with Crippen LogP contribution < -0.4 is 15.8 Å². The van der Waals surface area contributed by atoms with Gasteiger partial charge in [0.1, 0.15) is 5.82 Å². The van der Waals surface area contributed by atoms with Gasteiger partial charge >= 0.3 is 0 Å². The minimum Gasteiger partial charge on any atom is -0.331 e. The first-order valence-corrected chi connectivity index (χ1v) is 8.31. The standard InChI is InChI=1S/C20H18FN3S/c21-17-11-13-18(14-12-17)22-20(25)23-24(19-9-5-2-6-10-19)15-16-7-3-1-4-8-16/h1-14H,15H2,(H2,22,23,25). The summed E-state index contributed by atoms with van der Waals surface area (Å²) in [6.45, 7) is 0.649. The Morgan fingerprint density at radius 3 is 2.08 bits per heavy atom. The highest BCUT2D eigenvalue weighted by atomic mass is 32.1. The number of hydrogen-bond donors (Lipinski definition) is 2. The van der Waals surface area contributed by atoms with Gasteiger partial charge in [0.2, 0.25) is 0 Å². The summed E-state index contributed by atoms with van der Waals surface area (Å²) >= 11 is 5.40. The third-order valence-corrected chi connectivity index (χ3v) is 3.78. The van der Waals surface area contributed by atoms with E-state index in [2.05, 4.69) is 22.9 Å². The van der Waals surface area contributed by atoms with Gasteiger partial charge in [-0.2, -0.15) is 0 Å². The Morgan fingerprint density at radius 1 is 0.840 bits per heavy atom. The van der Waals surface area contributed by atoms with Crippen molar-refractivity contribution >= 4 is 28.7 Å². The normalized spacial score (nSPS) is 10.1. The molecule has 0 aliphatic rings. The molecule has 0 aromatic heterocycles. The van der Waals surface area contributed by atoms with E-state index in [-0.39, 0.29) is 5.82 Å². The summed E-state index contributed by atoms with van der Waals surface area (Å²) in [5.41, 5.74) is 6.08. The summed E-state index contributed by atoms with van der Waals surface area (Å²) in [7, 11) is 0. The number of anilines is 2. The van der Waals surface area contributed by atoms with Gasteiger partial charge < -0.3 is 5.32 Å². The summed E-state index contributed by atoms with van der Waals surface area (Å²) in [6, 6.07) is 26.2. The highest BCUT2D eigenvalue weighted by Crippen LogP contribution is 2.15. The van der Waals surface area contributed by atoms with E-state index in [0.717, 1.165) is 16.9 Å². The molecule has 3 nitrogen and oxygen atoms in total. The number of halogens is 1. The quantitative estimate of drug-likeness (QED) is 0.513. The SMILES string of the molecule is Fc1ccc(NC(=S)NN(Cc2ccccc2)c2ccccc2)cc1. The van der Waals surface area contributed by atoms with Gasteiger partial charge in [-0.25, -0.2) is 4.39 Å². The molecule has 0 aliphatic carbocycles. The first-order valence-electron chi connectivity index (χ1n) is 7.90. The van der Waals surface area contributed by atoms with Crippen LogP contribution in [0.2, 0.25) is 0 Å². The van der Waals surface area contributed by atoms with Gasteiger partial charge in [-0.3, -0.25) is 10.4 Å². The third-order valence-electron chi connectivity index (χ3n) is 3.59. The fourth-order valence-corrected chi connectivity index (χ4v) is 2.61. The molecule has 3 aromatic carbocycles. The average molecular weight is 351 g/mol. The lowest BCUT2D eigenvalue weighted by atomic mass is 10.2. The number of benzene rings is 3. The Hall–Kier alpha value is -2.92. The summed E-state index contributed by atoms with van der Waals surface area (Å²) in [4.78, 5) is 0. The fourth-order valence-electron chi connectivity index (χ4n) is 2.38. The molecule has 3 aromatic rings. The highest BCUT2D eigenvalue weighted by molar-refractivity contribution is 7.80. The number of hydrazine groups is 1. The molecule has 0 atom stereocenters. The van der Waals surface area contributed by atoms with Crippen molar-refractivity contribution in [2.75, 3.05) is 10.3 Å². The van der Waals surface area contributed by atoms with Crippen LogP contribution in [0.5, 0.6) is 0 Å². The van der Waals surface area contributed by atoms with Gasteiger partial charge in [0.15, 0.2) is 5.11 Å². The number of para-hydroxylation sites is 1. The smallest absolute Gasteiger partial charge is 0.189 e. The maximum Gasteiger partial charge on any atom is 0.189 e. The number of thiocarbonyl (C=S) groups is 1. The molecule has 3 rings (SSSR count). The van der Waals surface area contributed by atoms with Crippen molar-refractivity contribution in [3.8, 4) is 0 Å². The van der Waals surface area contributed by atoms with Gasteiger partial charge in [0.25, 0.3) is 0 Å². The summed E-state index contributed by atoms with van der Waals surface area (Å²) in [5.74, 6) is -0.278. The van der Waals surface area contributed by atoms with Crippen molar-refractivity contribution in [2.45, 2.75) is 6.54 Å². The second kappa shape index (κ2) is 8.26. The maximum absolute atomic E-state index is 13.0. The number of rotatable bonds is 5. The zero-order chi connectivity index (χ0) is 17.5. The Bertz CT molecular complexity index is 807. The highest BCUT2D eigenvalue weighted by Gasteiger charge is 2.09. The van der Waals surface area contributed by atoms with E-state index in [1.165, 1.54) is 12.1 Å². The Labute approximate surface area is 152 Å². The average Bonchev–Trinajstić information content (AvgIpc) is 2.65. The summed E-state index contributed by atoms with van der Waals surface area (Å²) in [6.07, 6.45) is 0. The number of nitrogens with one attached hydrogen (secondary N) is 2. The van der Waals surface area contributed by atoms with E-state index in [1.807, 2.05) is 53.5 Å². The van der Waals surface area contributed by atoms with E-state index in [4.69, 9.17) is 12.2 Å². The van der Waals surface area contributed by atoms with Gasteiger partial charge in [-0.05, 0) is 54.2 Å². The molecule has 25 heavy (non-hydrogen) atoms. The Kier molecular flexibility index (Phi) is 5.59. The molecule has 0 aliphatic heterocycles. The Balaban J connectivity index is 1.72. The van der Waals surface area contributed by atoms with Crippen molar-refractivity contribution < 1.29 is 4.39 Å². The van der Waals surface area contributed by atoms with Crippen LogP contribution in [0.3, 0.4) is 0 Å². The minimum absolute atomic E-state index is 0.278. The van der Waals surface area contributed by atoms with Crippen LogP contribution in [0.15, 0.2) is 84.9 Å². The van der Waals surface area contributed by atoms with Crippen LogP contribution in [-0.2, 0) is 6.54 Å². The molecule has 0 saturated carbocycles. The van der Waals surface area contributed by atoms with E-state index >= 15 is 0 Å². The monoisotopic (exact) mass is 351 g/mol. The second-order valence-electron chi connectivity index (χ2n) is 5.48. The van der Waals surface area contributed by atoms with Crippen LogP contribution >= 0.6 is 12.2 Å². The van der Waals surface area contributed by atoms with Crippen molar-refractivity contribution in [1.82, 2.24) is 5.43 Å². The third kappa shape index (κ3) is 5.02. The van der Waals surface area contributed by atoms with Gasteiger partial charge in [-0.15, -0.1) is 0 Å². The molecule has 0 spiro atoms. The predicted molar refractivity (Wildman–Crippen MR) is 105 cm³/mol. The summed E-state index contributed by atoms with van der Waals surface area (Å²) < 4.78 is 13.0. The first kappa shape index (κ1) is 16.9. The molecule has 5 heteroatoms. The van der Waals surface area contributed by atoms with Crippen molar-refractivity contribution in [1.29, 1.82) is 0 Å². The molecule has 0 bridgehead atoms. The topological polar surface area (TPSA) is 27.3 Å². The lowest BCUT2D eigenvalue weighted by molar-refractivity contribution is 0.628. The zero-order valence-electron chi connectivity index (χ0n) is 13.5. The zero-order valence-corrected chi connectivity index (χ0v) is 14.3. The lowest BCUT2D eigenvalue weighted by Crippen LogP contribution is -2.44. The second-order valence-corrected chi connectivity index (χ2v) is 5.89. The van der Waals surface area contributed by atoms with E-state index in [0.29, 0.717) is 11.7 Å². The van der Waals surface area contributed by atoms with E-state index in [1.54, 1.807) is 12.1 Å². The molecular weight excluding hydrogens is 333 g/mol. The number of hydrogen-bond acceptors (Lipinski definition) is 2. The molecule has 126 valence electrons. The first-order chi connectivity index (χ1) is 12.2. The van der Waals surface area contributed by atoms with Crippen LogP contribution in [0.1, 0.15) is 5.56 Å². The van der Waals surface area contributed by atoms with Crippen LogP contribution in [0.4, 0.5) is 15.8 Å². The maximum atomic E-state index is 13.0. The molecule has 0 unspecified atom stereocenters. The van der Waals surface area contributed by atoms with E-state index < -0.39 is 0 Å². The largest absolute Gasteiger partial charge is 0.331 e. The lowest BCUT2D eigenvalue weighted by Gasteiger charge is -2.27. The van der Waals surface area contributed by atoms with Gasteiger partial charge in [0, 0.05) is 5.69 Å². The van der Waals surface area contributed by atoms with Gasteiger partial charge in [-0.1, -0.05) is 48.5 Å². The predicted octanol–water partition coefficient (Wildman–Crippen LogP) is 4.73. The van der Waals surface area contributed by atoms with E-state index in [9.17, 15) is 4.39 Å². The molecule has 2 N–H and O–H groups in total. The summed E-state index contributed by atoms with van der Waals surface area (Å²) in [5, 5.41) is 5.47.